The average molecular weight is 434 g/mol. The summed E-state index contributed by atoms with van der Waals surface area (Å²) in [6.45, 7) is 0.550. The van der Waals surface area contributed by atoms with Crippen LogP contribution in [-0.2, 0) is 6.54 Å². The van der Waals surface area contributed by atoms with Crippen molar-refractivity contribution >= 4 is 29.1 Å². The SMILES string of the molecule is S=C1N[C@@H](c2ccccn2)[C@H](c2ccc(Sc3ccccc3)o2)N1Cc1ccco1. The quantitative estimate of drug-likeness (QED) is 0.398. The smallest absolute Gasteiger partial charge is 0.170 e. The minimum Gasteiger partial charge on any atom is -0.467 e. The summed E-state index contributed by atoms with van der Waals surface area (Å²) in [5.41, 5.74) is 0.917. The van der Waals surface area contributed by atoms with Crippen LogP contribution in [0.2, 0.25) is 0 Å². The molecule has 0 unspecified atom stereocenters. The van der Waals surface area contributed by atoms with E-state index in [1.165, 1.54) is 0 Å². The number of nitrogens with one attached hydrogen (secondary N) is 1. The van der Waals surface area contributed by atoms with Gasteiger partial charge in [0.25, 0.3) is 0 Å². The lowest BCUT2D eigenvalue weighted by Crippen LogP contribution is -2.28. The molecular formula is C23H19N3O2S2. The van der Waals surface area contributed by atoms with E-state index < -0.39 is 0 Å². The number of furan rings is 2. The Morgan fingerprint density at radius 2 is 1.87 bits per heavy atom. The van der Waals surface area contributed by atoms with Crippen LogP contribution >= 0.6 is 24.0 Å². The molecule has 0 amide bonds. The van der Waals surface area contributed by atoms with Gasteiger partial charge in [0.15, 0.2) is 10.2 Å². The second kappa shape index (κ2) is 8.38. The third kappa shape index (κ3) is 3.86. The molecule has 5 nitrogen and oxygen atoms in total. The highest BCUT2D eigenvalue weighted by atomic mass is 32.2. The van der Waals surface area contributed by atoms with Gasteiger partial charge in [-0.05, 0) is 60.7 Å². The predicted octanol–water partition coefficient (Wildman–Crippen LogP) is 5.59. The van der Waals surface area contributed by atoms with Crippen LogP contribution < -0.4 is 5.32 Å². The van der Waals surface area contributed by atoms with Crippen molar-refractivity contribution in [2.75, 3.05) is 0 Å². The van der Waals surface area contributed by atoms with E-state index >= 15 is 0 Å². The van der Waals surface area contributed by atoms with Gasteiger partial charge in [-0.3, -0.25) is 4.98 Å². The highest BCUT2D eigenvalue weighted by Crippen LogP contribution is 2.41. The Bertz CT molecular complexity index is 1110. The minimum absolute atomic E-state index is 0.116. The van der Waals surface area contributed by atoms with Crippen LogP contribution in [0.4, 0.5) is 0 Å². The number of hydrogen-bond donors (Lipinski definition) is 1. The summed E-state index contributed by atoms with van der Waals surface area (Å²) in [5, 5.41) is 4.92. The third-order valence-electron chi connectivity index (χ3n) is 4.96. The molecule has 0 saturated carbocycles. The number of thiocarbonyl (C=S) groups is 1. The van der Waals surface area contributed by atoms with Crippen LogP contribution in [0.25, 0.3) is 0 Å². The van der Waals surface area contributed by atoms with Gasteiger partial charge in [-0.15, -0.1) is 0 Å². The lowest BCUT2D eigenvalue weighted by Gasteiger charge is -2.25. The normalized spacial score (nSPS) is 18.5. The first kappa shape index (κ1) is 19.0. The standard InChI is InChI=1S/C23H19N3O2S2/c29-23-25-21(18-10-4-5-13-24-18)22(26(23)15-16-7-6-14-27-16)19-11-12-20(28-19)30-17-8-2-1-3-9-17/h1-14,21-22H,15H2,(H,25,29)/t21-,22-/m0/s1. The van der Waals surface area contributed by atoms with Gasteiger partial charge in [-0.25, -0.2) is 0 Å². The van der Waals surface area contributed by atoms with Gasteiger partial charge in [-0.1, -0.05) is 36.0 Å². The maximum Gasteiger partial charge on any atom is 0.170 e. The molecule has 30 heavy (non-hydrogen) atoms. The number of benzene rings is 1. The Morgan fingerprint density at radius 3 is 2.63 bits per heavy atom. The molecule has 150 valence electrons. The van der Waals surface area contributed by atoms with Crippen LogP contribution in [0.15, 0.2) is 104 Å². The summed E-state index contributed by atoms with van der Waals surface area (Å²) in [6, 6.07) is 23.7. The largest absolute Gasteiger partial charge is 0.467 e. The summed E-state index contributed by atoms with van der Waals surface area (Å²) in [4.78, 5) is 7.79. The topological polar surface area (TPSA) is 54.4 Å². The summed E-state index contributed by atoms with van der Waals surface area (Å²) in [7, 11) is 0. The fraction of sp³-hybridized carbons (Fsp3) is 0.130. The first-order valence-corrected chi connectivity index (χ1v) is 10.8. The first-order chi connectivity index (χ1) is 14.8. The van der Waals surface area contributed by atoms with Gasteiger partial charge < -0.3 is 19.1 Å². The molecule has 0 aliphatic carbocycles. The maximum absolute atomic E-state index is 6.28. The molecule has 1 N–H and O–H groups in total. The molecule has 1 saturated heterocycles. The van der Waals surface area contributed by atoms with E-state index in [0.717, 1.165) is 27.2 Å². The third-order valence-corrected chi connectivity index (χ3v) is 6.24. The first-order valence-electron chi connectivity index (χ1n) is 9.61. The minimum atomic E-state index is -0.136. The van der Waals surface area contributed by atoms with Crippen LogP contribution in [0.5, 0.6) is 0 Å². The Balaban J connectivity index is 1.48. The van der Waals surface area contributed by atoms with Crippen molar-refractivity contribution in [1.29, 1.82) is 0 Å². The van der Waals surface area contributed by atoms with Gasteiger partial charge in [-0.2, -0.15) is 0 Å². The van der Waals surface area contributed by atoms with E-state index in [9.17, 15) is 0 Å². The van der Waals surface area contributed by atoms with Crippen LogP contribution in [0.1, 0.15) is 29.3 Å². The van der Waals surface area contributed by atoms with E-state index in [1.807, 2.05) is 60.7 Å². The average Bonchev–Trinajstić information content (AvgIpc) is 3.52. The van der Waals surface area contributed by atoms with Crippen molar-refractivity contribution in [1.82, 2.24) is 15.2 Å². The molecule has 0 spiro atoms. The monoisotopic (exact) mass is 433 g/mol. The zero-order chi connectivity index (χ0) is 20.3. The number of hydrogen-bond acceptors (Lipinski definition) is 5. The van der Waals surface area contributed by atoms with Crippen molar-refractivity contribution in [3.8, 4) is 0 Å². The maximum atomic E-state index is 6.28. The van der Waals surface area contributed by atoms with Crippen molar-refractivity contribution in [3.05, 3.63) is 102 Å². The summed E-state index contributed by atoms with van der Waals surface area (Å²) in [6.07, 6.45) is 3.47. The van der Waals surface area contributed by atoms with Gasteiger partial charge in [0, 0.05) is 11.1 Å². The molecule has 0 bridgehead atoms. The lowest BCUT2D eigenvalue weighted by molar-refractivity contribution is 0.241. The van der Waals surface area contributed by atoms with Gasteiger partial charge in [0.05, 0.1) is 24.5 Å². The zero-order valence-corrected chi connectivity index (χ0v) is 17.6. The fourth-order valence-corrected chi connectivity index (χ4v) is 4.71. The van der Waals surface area contributed by atoms with E-state index in [-0.39, 0.29) is 12.1 Å². The summed E-state index contributed by atoms with van der Waals surface area (Å²) in [5.74, 6) is 1.68. The van der Waals surface area contributed by atoms with Crippen molar-refractivity contribution in [2.45, 2.75) is 28.6 Å². The van der Waals surface area contributed by atoms with E-state index in [0.29, 0.717) is 11.7 Å². The predicted molar refractivity (Wildman–Crippen MR) is 119 cm³/mol. The van der Waals surface area contributed by atoms with E-state index in [2.05, 4.69) is 27.3 Å². The molecule has 4 heterocycles. The van der Waals surface area contributed by atoms with Crippen molar-refractivity contribution in [2.24, 2.45) is 0 Å². The van der Waals surface area contributed by atoms with Crippen LogP contribution in [0, 0.1) is 0 Å². The molecule has 1 aromatic carbocycles. The molecule has 1 fully saturated rings. The van der Waals surface area contributed by atoms with Crippen molar-refractivity contribution < 1.29 is 8.83 Å². The summed E-state index contributed by atoms with van der Waals surface area (Å²) < 4.78 is 11.9. The molecule has 1 aliphatic rings. The summed E-state index contributed by atoms with van der Waals surface area (Å²) >= 11 is 7.28. The Kier molecular flexibility index (Phi) is 5.29. The second-order valence-electron chi connectivity index (χ2n) is 6.91. The van der Waals surface area contributed by atoms with Crippen LogP contribution in [0.3, 0.4) is 0 Å². The molecule has 3 aromatic heterocycles. The lowest BCUT2D eigenvalue weighted by atomic mass is 10.0. The number of aromatic nitrogens is 1. The number of nitrogens with zero attached hydrogens (tertiary/aromatic N) is 2. The Hall–Kier alpha value is -3.03. The van der Waals surface area contributed by atoms with Gasteiger partial charge in [0.1, 0.15) is 17.6 Å². The molecule has 0 radical (unpaired) electrons. The molecule has 4 aromatic rings. The fourth-order valence-electron chi connectivity index (χ4n) is 3.61. The number of pyridine rings is 1. The Morgan fingerprint density at radius 1 is 1.00 bits per heavy atom. The zero-order valence-electron chi connectivity index (χ0n) is 16.0. The van der Waals surface area contributed by atoms with Crippen molar-refractivity contribution in [3.63, 3.8) is 0 Å². The van der Waals surface area contributed by atoms with E-state index in [1.54, 1.807) is 24.2 Å². The highest BCUT2D eigenvalue weighted by Gasteiger charge is 2.42. The molecular weight excluding hydrogens is 414 g/mol. The van der Waals surface area contributed by atoms with E-state index in [4.69, 9.17) is 21.1 Å². The second-order valence-corrected chi connectivity index (χ2v) is 8.37. The van der Waals surface area contributed by atoms with Gasteiger partial charge in [0.2, 0.25) is 0 Å². The molecule has 5 rings (SSSR count). The molecule has 7 heteroatoms. The Labute approximate surface area is 184 Å². The number of rotatable bonds is 6. The van der Waals surface area contributed by atoms with Crippen LogP contribution in [-0.4, -0.2) is 15.0 Å². The molecule has 2 atom stereocenters. The van der Waals surface area contributed by atoms with Gasteiger partial charge >= 0.3 is 0 Å². The molecule has 1 aliphatic heterocycles. The highest BCUT2D eigenvalue weighted by molar-refractivity contribution is 7.99.